The Labute approximate surface area is 345 Å². The molecule has 2 aromatic heterocycles. The average Bonchev–Trinajstić information content (AvgIpc) is 3.20. The monoisotopic (exact) mass is 842 g/mol. The molecule has 0 saturated carbocycles. The van der Waals surface area contributed by atoms with Crippen LogP contribution in [-0.4, -0.2) is 116 Å². The molecule has 2 fully saturated rings. The summed E-state index contributed by atoms with van der Waals surface area (Å²) in [4.78, 5) is 20.3. The molecule has 0 amide bonds. The van der Waals surface area contributed by atoms with Gasteiger partial charge in [0.15, 0.2) is 0 Å². The van der Waals surface area contributed by atoms with Gasteiger partial charge in [-0.3, -0.25) is 4.90 Å². The number of nitriles is 2. The van der Waals surface area contributed by atoms with E-state index >= 15 is 0 Å². The van der Waals surface area contributed by atoms with Gasteiger partial charge in [0.1, 0.15) is 28.8 Å². The Morgan fingerprint density at radius 2 is 1.41 bits per heavy atom. The molecule has 0 N–H and O–H groups in total. The van der Waals surface area contributed by atoms with Gasteiger partial charge in [-0.15, -0.1) is 11.8 Å². The summed E-state index contributed by atoms with van der Waals surface area (Å²) in [7, 11) is 1.75. The van der Waals surface area contributed by atoms with E-state index in [1.807, 2.05) is 0 Å². The van der Waals surface area contributed by atoms with Gasteiger partial charge in [-0.1, -0.05) is 35.0 Å². The van der Waals surface area contributed by atoms with Crippen molar-refractivity contribution in [3.05, 3.63) is 73.4 Å². The van der Waals surface area contributed by atoms with E-state index in [0.717, 1.165) is 127 Å². The van der Waals surface area contributed by atoms with E-state index < -0.39 is 5.60 Å². The summed E-state index contributed by atoms with van der Waals surface area (Å²) in [6.45, 7) is 19.2. The van der Waals surface area contributed by atoms with E-state index in [2.05, 4.69) is 99.6 Å². The van der Waals surface area contributed by atoms with E-state index in [9.17, 15) is 10.5 Å². The molecule has 4 aliphatic rings. The number of hydrogen-bond donors (Lipinski definition) is 0. The molecule has 0 bridgehead atoms. The van der Waals surface area contributed by atoms with Crippen LogP contribution >= 0.6 is 27.7 Å². The normalized spacial score (nSPS) is 21.3. The van der Waals surface area contributed by atoms with Crippen LogP contribution in [0.2, 0.25) is 0 Å². The number of ether oxygens (including phenoxy) is 3. The van der Waals surface area contributed by atoms with Gasteiger partial charge in [0.05, 0.1) is 47.8 Å². The molecule has 13 heteroatoms. The number of aryl methyl sites for hydroxylation is 1. The van der Waals surface area contributed by atoms with Gasteiger partial charge < -0.3 is 28.9 Å². The number of nitrogens with zero attached hydrogens (tertiary/aromatic N) is 8. The maximum atomic E-state index is 10.8. The number of likely N-dealkylation sites (N-methyl/N-ethyl adjacent to an activating group) is 1. The van der Waals surface area contributed by atoms with Gasteiger partial charge >= 0.3 is 0 Å². The van der Waals surface area contributed by atoms with Crippen molar-refractivity contribution >= 4 is 39.3 Å². The number of benzene rings is 1. The lowest BCUT2D eigenvalue weighted by molar-refractivity contribution is -0.0544. The number of thioether (sulfide) groups is 1. The molecule has 0 radical (unpaired) electrons. The summed E-state index contributed by atoms with van der Waals surface area (Å²) >= 11 is 5.21. The molecule has 298 valence electrons. The van der Waals surface area contributed by atoms with Crippen molar-refractivity contribution in [1.29, 1.82) is 10.5 Å². The predicted molar refractivity (Wildman–Crippen MR) is 225 cm³/mol. The average molecular weight is 844 g/mol. The van der Waals surface area contributed by atoms with Crippen molar-refractivity contribution in [2.75, 3.05) is 94.7 Å². The minimum Gasteiger partial charge on any atom is -0.383 e. The first-order valence-electron chi connectivity index (χ1n) is 20.0. The second-order valence-corrected chi connectivity index (χ2v) is 18.3. The summed E-state index contributed by atoms with van der Waals surface area (Å²) in [6.07, 6.45) is 2.50. The molecule has 0 aliphatic carbocycles. The van der Waals surface area contributed by atoms with Crippen molar-refractivity contribution in [2.24, 2.45) is 0 Å². The fourth-order valence-electron chi connectivity index (χ4n) is 8.52. The number of methoxy groups -OCH3 is 1. The summed E-state index contributed by atoms with van der Waals surface area (Å²) in [6, 6.07) is 13.6. The van der Waals surface area contributed by atoms with E-state index in [0.29, 0.717) is 50.2 Å². The summed E-state index contributed by atoms with van der Waals surface area (Å²) in [5, 5.41) is 22.4. The van der Waals surface area contributed by atoms with Crippen molar-refractivity contribution < 1.29 is 14.2 Å². The van der Waals surface area contributed by atoms with Crippen LogP contribution < -0.4 is 9.80 Å². The Morgan fingerprint density at radius 1 is 0.804 bits per heavy atom. The maximum Gasteiger partial charge on any atom is 0.135 e. The highest BCUT2D eigenvalue weighted by Gasteiger charge is 2.40. The van der Waals surface area contributed by atoms with E-state index in [4.69, 9.17) is 24.2 Å². The zero-order valence-corrected chi connectivity index (χ0v) is 36.0. The van der Waals surface area contributed by atoms with Crippen LogP contribution in [0.25, 0.3) is 0 Å². The third kappa shape index (κ3) is 9.05. The largest absolute Gasteiger partial charge is 0.383 e. The molecule has 1 aromatic carbocycles. The minimum atomic E-state index is -0.693. The molecule has 1 atom stereocenters. The summed E-state index contributed by atoms with van der Waals surface area (Å²) in [5.74, 6) is 2.68. The number of fused-ring (bicyclic) bond motifs is 2. The van der Waals surface area contributed by atoms with E-state index in [1.165, 1.54) is 5.56 Å². The third-order valence-corrected chi connectivity index (χ3v) is 13.4. The standard InChI is InChI=1S/C43H55BrN8O3S/c1-6-49-12-16-51(17-13-49)39-36-28-54-42(2,3)23-32(36)34(26-45)38(47-39)25-43(4)24-33-35(27-46)41(56-22-11-30-7-9-31(44)10-8-30)48-40(37(33)29-55-43)52-18-14-50(15-19-52)20-21-53-5/h7-10H,6,11-25,28-29H2,1-5H3. The first-order chi connectivity index (χ1) is 27.0. The molecule has 1 unspecified atom stereocenters. The van der Waals surface area contributed by atoms with Gasteiger partial charge in [0.25, 0.3) is 0 Å². The number of anilines is 2. The molecule has 3 aromatic rings. The van der Waals surface area contributed by atoms with Gasteiger partial charge in [0.2, 0.25) is 0 Å². The Hall–Kier alpha value is -3.27. The van der Waals surface area contributed by atoms with Crippen LogP contribution in [0.3, 0.4) is 0 Å². The smallest absolute Gasteiger partial charge is 0.135 e. The van der Waals surface area contributed by atoms with Gasteiger partial charge in [-0.2, -0.15) is 10.5 Å². The SMILES string of the molecule is CCN1CCN(c2nc(CC3(C)Cc4c(C#N)c(SCCc5ccc(Br)cc5)nc(N5CCN(CCOC)CC5)c4CO3)c(C#N)c3c2COC(C)(C)C3)CC1. The van der Waals surface area contributed by atoms with Crippen LogP contribution in [-0.2, 0) is 53.1 Å². The number of piperazine rings is 2. The molecular weight excluding hydrogens is 788 g/mol. The lowest BCUT2D eigenvalue weighted by Crippen LogP contribution is -2.48. The van der Waals surface area contributed by atoms with E-state index in [1.54, 1.807) is 18.9 Å². The van der Waals surface area contributed by atoms with Crippen molar-refractivity contribution in [3.63, 3.8) is 0 Å². The van der Waals surface area contributed by atoms with Crippen LogP contribution in [0.1, 0.15) is 72.3 Å². The molecular formula is C43H55BrN8O3S. The van der Waals surface area contributed by atoms with Crippen molar-refractivity contribution in [3.8, 4) is 12.1 Å². The number of pyridine rings is 2. The quantitative estimate of drug-likeness (QED) is 0.195. The highest BCUT2D eigenvalue weighted by Crippen LogP contribution is 2.42. The number of aromatic nitrogens is 2. The molecule has 2 saturated heterocycles. The molecule has 56 heavy (non-hydrogen) atoms. The molecule has 6 heterocycles. The zero-order valence-electron chi connectivity index (χ0n) is 33.6. The summed E-state index contributed by atoms with van der Waals surface area (Å²) < 4.78 is 19.6. The number of hydrogen-bond acceptors (Lipinski definition) is 12. The Morgan fingerprint density at radius 3 is 2.04 bits per heavy atom. The topological polar surface area (TPSA) is 114 Å². The van der Waals surface area contributed by atoms with Crippen LogP contribution in [0.5, 0.6) is 0 Å². The van der Waals surface area contributed by atoms with Crippen LogP contribution in [0, 0.1) is 22.7 Å². The highest BCUT2D eigenvalue weighted by molar-refractivity contribution is 9.10. The lowest BCUT2D eigenvalue weighted by atomic mass is 9.82. The Kier molecular flexibility index (Phi) is 12.9. The van der Waals surface area contributed by atoms with Gasteiger partial charge in [-0.25, -0.2) is 9.97 Å². The molecule has 7 rings (SSSR count). The Balaban J connectivity index is 1.22. The zero-order chi connectivity index (χ0) is 39.5. The maximum absolute atomic E-state index is 10.8. The van der Waals surface area contributed by atoms with Crippen molar-refractivity contribution in [1.82, 2.24) is 19.8 Å². The van der Waals surface area contributed by atoms with E-state index in [-0.39, 0.29) is 5.60 Å². The molecule has 11 nitrogen and oxygen atoms in total. The first-order valence-corrected chi connectivity index (χ1v) is 21.8. The fourth-order valence-corrected chi connectivity index (χ4v) is 9.78. The predicted octanol–water partition coefficient (Wildman–Crippen LogP) is 6.15. The second-order valence-electron chi connectivity index (χ2n) is 16.3. The van der Waals surface area contributed by atoms with Crippen molar-refractivity contribution in [2.45, 2.75) is 82.8 Å². The Bertz CT molecular complexity index is 1970. The first kappa shape index (κ1) is 40.9. The third-order valence-electron chi connectivity index (χ3n) is 11.9. The van der Waals surface area contributed by atoms with Gasteiger partial charge in [0, 0.05) is 107 Å². The van der Waals surface area contributed by atoms with Crippen LogP contribution in [0.15, 0.2) is 33.8 Å². The highest BCUT2D eigenvalue weighted by atomic mass is 79.9. The van der Waals surface area contributed by atoms with Crippen LogP contribution in [0.4, 0.5) is 11.6 Å². The molecule has 4 aliphatic heterocycles. The fraction of sp³-hybridized carbons (Fsp3) is 0.581. The molecule has 0 spiro atoms. The number of halogens is 1. The second kappa shape index (κ2) is 17.7. The lowest BCUT2D eigenvalue weighted by Gasteiger charge is -2.41. The summed E-state index contributed by atoms with van der Waals surface area (Å²) in [5.41, 5.74) is 6.36. The minimum absolute atomic E-state index is 0.343. The van der Waals surface area contributed by atoms with Gasteiger partial charge in [-0.05, 0) is 62.6 Å². The number of rotatable bonds is 12.